The van der Waals surface area contributed by atoms with Crippen molar-refractivity contribution in [1.29, 1.82) is 0 Å². The Kier molecular flexibility index (Phi) is 8.14. The summed E-state index contributed by atoms with van der Waals surface area (Å²) in [4.78, 5) is 24.2. The largest absolute Gasteiger partial charge is 0.496 e. The van der Waals surface area contributed by atoms with Crippen LogP contribution in [0.15, 0.2) is 36.4 Å². The van der Waals surface area contributed by atoms with E-state index < -0.39 is 18.5 Å². The monoisotopic (exact) mass is 403 g/mol. The first-order valence-electron chi connectivity index (χ1n) is 8.91. The Balaban J connectivity index is 1.83. The summed E-state index contributed by atoms with van der Waals surface area (Å²) >= 11 is 0. The summed E-state index contributed by atoms with van der Waals surface area (Å²) in [5.74, 6) is 0.579. The van der Waals surface area contributed by atoms with E-state index in [9.17, 15) is 9.59 Å². The average molecular weight is 403 g/mol. The van der Waals surface area contributed by atoms with Crippen LogP contribution in [0.3, 0.4) is 0 Å². The number of methoxy groups -OCH3 is 3. The summed E-state index contributed by atoms with van der Waals surface area (Å²) in [5.41, 5.74) is 1.21. The van der Waals surface area contributed by atoms with Crippen molar-refractivity contribution in [3.05, 3.63) is 47.5 Å². The topological polar surface area (TPSA) is 92.3 Å². The van der Waals surface area contributed by atoms with Crippen LogP contribution in [0.5, 0.6) is 23.0 Å². The van der Waals surface area contributed by atoms with Crippen LogP contribution >= 0.6 is 0 Å². The van der Waals surface area contributed by atoms with Crippen molar-refractivity contribution < 1.29 is 33.3 Å². The molecule has 0 saturated heterocycles. The summed E-state index contributed by atoms with van der Waals surface area (Å²) in [6.07, 6.45) is 0. The number of hydrogen-bond acceptors (Lipinski definition) is 7. The Morgan fingerprint density at radius 3 is 2.28 bits per heavy atom. The van der Waals surface area contributed by atoms with Crippen LogP contribution in [-0.4, -0.2) is 53.0 Å². The second-order valence-electron chi connectivity index (χ2n) is 6.00. The molecular weight excluding hydrogens is 378 g/mol. The van der Waals surface area contributed by atoms with E-state index >= 15 is 0 Å². The maximum atomic E-state index is 12.3. The highest BCUT2D eigenvalue weighted by atomic mass is 16.5. The van der Waals surface area contributed by atoms with Gasteiger partial charge in [-0.25, -0.2) is 4.79 Å². The van der Waals surface area contributed by atoms with Crippen molar-refractivity contribution in [3.8, 4) is 23.0 Å². The minimum atomic E-state index is -0.714. The number of esters is 1. The second kappa shape index (κ2) is 10.8. The average Bonchev–Trinajstić information content (AvgIpc) is 2.74. The molecule has 156 valence electrons. The molecule has 29 heavy (non-hydrogen) atoms. The molecule has 0 aliphatic heterocycles. The molecule has 2 rings (SSSR count). The molecule has 0 heterocycles. The summed E-state index contributed by atoms with van der Waals surface area (Å²) < 4.78 is 26.2. The predicted octanol–water partition coefficient (Wildman–Crippen LogP) is 2.37. The van der Waals surface area contributed by atoms with Gasteiger partial charge in [-0.2, -0.15) is 0 Å². The van der Waals surface area contributed by atoms with Crippen molar-refractivity contribution in [2.24, 2.45) is 0 Å². The molecule has 1 amide bonds. The number of nitrogens with one attached hydrogen (secondary N) is 1. The Morgan fingerprint density at radius 1 is 0.931 bits per heavy atom. The standard InChI is InChI=1S/C21H25NO7/c1-14-6-5-7-15(10-14)28-9-8-22-20(23)13-29-21(24)16-11-18(26-3)19(27-4)12-17(16)25-2/h5-7,10-12H,8-9,13H2,1-4H3,(H,22,23). The van der Waals surface area contributed by atoms with E-state index in [1.807, 2.05) is 31.2 Å². The van der Waals surface area contributed by atoms with E-state index in [1.165, 1.54) is 33.5 Å². The van der Waals surface area contributed by atoms with Crippen LogP contribution in [0.4, 0.5) is 0 Å². The Labute approximate surface area is 169 Å². The maximum absolute atomic E-state index is 12.3. The van der Waals surface area contributed by atoms with E-state index in [0.717, 1.165) is 11.3 Å². The van der Waals surface area contributed by atoms with Gasteiger partial charge in [0.05, 0.1) is 27.9 Å². The van der Waals surface area contributed by atoms with Crippen molar-refractivity contribution in [1.82, 2.24) is 5.32 Å². The molecule has 0 spiro atoms. The highest BCUT2D eigenvalue weighted by Crippen LogP contribution is 2.34. The SMILES string of the molecule is COc1cc(OC)c(C(=O)OCC(=O)NCCOc2cccc(C)c2)cc1OC. The lowest BCUT2D eigenvalue weighted by molar-refractivity contribution is -0.124. The number of benzene rings is 2. The van der Waals surface area contributed by atoms with Gasteiger partial charge in [0, 0.05) is 12.1 Å². The van der Waals surface area contributed by atoms with E-state index in [2.05, 4.69) is 5.32 Å². The summed E-state index contributed by atoms with van der Waals surface area (Å²) in [5, 5.41) is 2.63. The molecule has 0 radical (unpaired) electrons. The molecule has 0 aliphatic rings. The molecule has 2 aromatic carbocycles. The summed E-state index contributed by atoms with van der Waals surface area (Å²) in [6.45, 7) is 2.12. The van der Waals surface area contributed by atoms with Crippen LogP contribution in [0.2, 0.25) is 0 Å². The van der Waals surface area contributed by atoms with Gasteiger partial charge < -0.3 is 29.0 Å². The first-order chi connectivity index (χ1) is 14.0. The van der Waals surface area contributed by atoms with E-state index in [1.54, 1.807) is 0 Å². The molecule has 0 saturated carbocycles. The highest BCUT2D eigenvalue weighted by molar-refractivity contribution is 5.95. The fraction of sp³-hybridized carbons (Fsp3) is 0.333. The van der Waals surface area contributed by atoms with Gasteiger partial charge in [0.2, 0.25) is 0 Å². The van der Waals surface area contributed by atoms with Crippen LogP contribution in [0, 0.1) is 6.92 Å². The van der Waals surface area contributed by atoms with E-state index in [-0.39, 0.29) is 17.9 Å². The molecule has 1 N–H and O–H groups in total. The fourth-order valence-corrected chi connectivity index (χ4v) is 2.51. The zero-order valence-corrected chi connectivity index (χ0v) is 16.9. The number of hydrogen-bond donors (Lipinski definition) is 1. The third kappa shape index (κ3) is 6.31. The van der Waals surface area contributed by atoms with Gasteiger partial charge in [0.1, 0.15) is 23.7 Å². The number of rotatable bonds is 10. The molecule has 2 aromatic rings. The number of ether oxygens (including phenoxy) is 5. The highest BCUT2D eigenvalue weighted by Gasteiger charge is 2.19. The van der Waals surface area contributed by atoms with Gasteiger partial charge >= 0.3 is 5.97 Å². The molecule has 8 heteroatoms. The van der Waals surface area contributed by atoms with Gasteiger partial charge in [-0.05, 0) is 24.6 Å². The predicted molar refractivity (Wildman–Crippen MR) is 106 cm³/mol. The molecule has 0 unspecified atom stereocenters. The lowest BCUT2D eigenvalue weighted by Crippen LogP contribution is -2.32. The first-order valence-corrected chi connectivity index (χ1v) is 8.91. The third-order valence-electron chi connectivity index (χ3n) is 3.94. The van der Waals surface area contributed by atoms with Gasteiger partial charge in [-0.15, -0.1) is 0 Å². The van der Waals surface area contributed by atoms with Crippen LogP contribution in [0.25, 0.3) is 0 Å². The van der Waals surface area contributed by atoms with Crippen molar-refractivity contribution in [2.75, 3.05) is 41.1 Å². The molecule has 0 bridgehead atoms. The van der Waals surface area contributed by atoms with Gasteiger partial charge in [0.25, 0.3) is 5.91 Å². The smallest absolute Gasteiger partial charge is 0.342 e. The minimum absolute atomic E-state index is 0.126. The summed E-state index contributed by atoms with van der Waals surface area (Å²) in [6, 6.07) is 10.6. The Bertz CT molecular complexity index is 851. The lowest BCUT2D eigenvalue weighted by atomic mass is 10.1. The first kappa shape index (κ1) is 21.9. The zero-order valence-electron chi connectivity index (χ0n) is 16.9. The molecule has 8 nitrogen and oxygen atoms in total. The van der Waals surface area contributed by atoms with E-state index in [0.29, 0.717) is 18.1 Å². The zero-order chi connectivity index (χ0) is 21.2. The van der Waals surface area contributed by atoms with Crippen LogP contribution in [-0.2, 0) is 9.53 Å². The maximum Gasteiger partial charge on any atom is 0.342 e. The second-order valence-corrected chi connectivity index (χ2v) is 6.00. The Hall–Kier alpha value is -3.42. The number of amides is 1. The molecule has 0 aromatic heterocycles. The van der Waals surface area contributed by atoms with Gasteiger partial charge in [-0.1, -0.05) is 12.1 Å². The van der Waals surface area contributed by atoms with Gasteiger partial charge in [-0.3, -0.25) is 4.79 Å². The normalized spacial score (nSPS) is 10.1. The fourth-order valence-electron chi connectivity index (χ4n) is 2.51. The Morgan fingerprint density at radius 2 is 1.62 bits per heavy atom. The summed E-state index contributed by atoms with van der Waals surface area (Å²) in [7, 11) is 4.34. The lowest BCUT2D eigenvalue weighted by Gasteiger charge is -2.13. The molecular formula is C21H25NO7. The number of carbonyl (C=O) groups is 2. The number of aryl methyl sites for hydroxylation is 1. The van der Waals surface area contributed by atoms with Crippen molar-refractivity contribution in [2.45, 2.75) is 6.92 Å². The van der Waals surface area contributed by atoms with E-state index in [4.69, 9.17) is 23.7 Å². The van der Waals surface area contributed by atoms with Crippen molar-refractivity contribution >= 4 is 11.9 Å². The minimum Gasteiger partial charge on any atom is -0.496 e. The third-order valence-corrected chi connectivity index (χ3v) is 3.94. The molecule has 0 aliphatic carbocycles. The molecule has 0 atom stereocenters. The number of carbonyl (C=O) groups excluding carboxylic acids is 2. The van der Waals surface area contributed by atoms with Crippen LogP contribution in [0.1, 0.15) is 15.9 Å². The molecule has 0 fully saturated rings. The van der Waals surface area contributed by atoms with Gasteiger partial charge in [0.15, 0.2) is 18.1 Å². The van der Waals surface area contributed by atoms with Crippen molar-refractivity contribution in [3.63, 3.8) is 0 Å². The quantitative estimate of drug-likeness (QED) is 0.481. The van der Waals surface area contributed by atoms with Crippen LogP contribution < -0.4 is 24.3 Å².